The van der Waals surface area contributed by atoms with E-state index in [1.807, 2.05) is 43.5 Å². The van der Waals surface area contributed by atoms with Crippen molar-refractivity contribution in [2.75, 3.05) is 26.0 Å². The van der Waals surface area contributed by atoms with Crippen molar-refractivity contribution in [1.29, 1.82) is 0 Å². The fourth-order valence-corrected chi connectivity index (χ4v) is 2.93. The van der Waals surface area contributed by atoms with Crippen molar-refractivity contribution in [2.45, 2.75) is 33.3 Å². The molecule has 2 amide bonds. The van der Waals surface area contributed by atoms with Gasteiger partial charge in [-0.1, -0.05) is 11.6 Å². The number of nitrogens with one attached hydrogen (secondary N) is 1. The standard InChI is InChI=1S/C22H27N5O4/c1-14-7-9-17(30-6)16(11-14)15-8-10-18-23-20(25-27(18)12-15)24-19(28)13-26(5)21(29)31-22(2,3)4/h7-12H,13H2,1-6H3,(H,24,25,28). The predicted molar refractivity (Wildman–Crippen MR) is 117 cm³/mol. The van der Waals surface area contributed by atoms with E-state index >= 15 is 0 Å². The van der Waals surface area contributed by atoms with Gasteiger partial charge >= 0.3 is 6.09 Å². The molecular formula is C22H27N5O4. The number of pyridine rings is 1. The third-order valence-electron chi connectivity index (χ3n) is 4.33. The number of fused-ring (bicyclic) bond motifs is 1. The van der Waals surface area contributed by atoms with Crippen LogP contribution in [0.15, 0.2) is 36.5 Å². The molecule has 9 nitrogen and oxygen atoms in total. The Morgan fingerprint density at radius 2 is 1.94 bits per heavy atom. The summed E-state index contributed by atoms with van der Waals surface area (Å²) in [5, 5.41) is 6.94. The Labute approximate surface area is 181 Å². The molecule has 0 bridgehead atoms. The zero-order valence-electron chi connectivity index (χ0n) is 18.6. The van der Waals surface area contributed by atoms with Crippen molar-refractivity contribution in [1.82, 2.24) is 19.5 Å². The first kappa shape index (κ1) is 22.1. The van der Waals surface area contributed by atoms with Crippen LogP contribution < -0.4 is 10.1 Å². The Bertz CT molecular complexity index is 1120. The molecule has 9 heteroatoms. The van der Waals surface area contributed by atoms with E-state index in [4.69, 9.17) is 9.47 Å². The van der Waals surface area contributed by atoms with Crippen LogP contribution in [0.5, 0.6) is 5.75 Å². The number of hydrogen-bond acceptors (Lipinski definition) is 6. The highest BCUT2D eigenvalue weighted by Gasteiger charge is 2.21. The average Bonchev–Trinajstić information content (AvgIpc) is 3.07. The minimum atomic E-state index is -0.636. The zero-order chi connectivity index (χ0) is 22.8. The molecule has 0 aliphatic rings. The van der Waals surface area contributed by atoms with Crippen molar-refractivity contribution in [3.63, 3.8) is 0 Å². The highest BCUT2D eigenvalue weighted by atomic mass is 16.6. The number of carbonyl (C=O) groups is 2. The zero-order valence-corrected chi connectivity index (χ0v) is 18.6. The Morgan fingerprint density at radius 3 is 2.61 bits per heavy atom. The monoisotopic (exact) mass is 425 g/mol. The maximum atomic E-state index is 12.3. The van der Waals surface area contributed by atoms with Crippen molar-refractivity contribution in [2.24, 2.45) is 0 Å². The van der Waals surface area contributed by atoms with Crippen LogP contribution in [0.3, 0.4) is 0 Å². The van der Waals surface area contributed by atoms with E-state index in [1.54, 1.807) is 32.4 Å². The van der Waals surface area contributed by atoms with E-state index < -0.39 is 17.6 Å². The van der Waals surface area contributed by atoms with Crippen LogP contribution in [0.4, 0.5) is 10.7 Å². The molecule has 0 aliphatic carbocycles. The maximum Gasteiger partial charge on any atom is 0.410 e. The average molecular weight is 425 g/mol. The van der Waals surface area contributed by atoms with Gasteiger partial charge in [0.1, 0.15) is 17.9 Å². The maximum absolute atomic E-state index is 12.3. The number of hydrogen-bond donors (Lipinski definition) is 1. The van der Waals surface area contributed by atoms with Gasteiger partial charge in [0.2, 0.25) is 11.9 Å². The van der Waals surface area contributed by atoms with Crippen LogP contribution in [-0.4, -0.2) is 57.8 Å². The van der Waals surface area contributed by atoms with Gasteiger partial charge in [-0.15, -0.1) is 5.10 Å². The lowest BCUT2D eigenvalue weighted by atomic mass is 10.0. The molecule has 0 unspecified atom stereocenters. The number of aromatic nitrogens is 3. The first-order chi connectivity index (χ1) is 14.6. The van der Waals surface area contributed by atoms with E-state index in [-0.39, 0.29) is 12.5 Å². The summed E-state index contributed by atoms with van der Waals surface area (Å²) < 4.78 is 12.3. The quantitative estimate of drug-likeness (QED) is 0.672. The number of nitrogens with zero attached hydrogens (tertiary/aromatic N) is 4. The van der Waals surface area contributed by atoms with Crippen molar-refractivity contribution >= 4 is 23.6 Å². The molecule has 0 saturated carbocycles. The molecular weight excluding hydrogens is 398 g/mol. The minimum Gasteiger partial charge on any atom is -0.496 e. The number of rotatable bonds is 5. The van der Waals surface area contributed by atoms with Gasteiger partial charge in [-0.3, -0.25) is 10.1 Å². The Morgan fingerprint density at radius 1 is 1.19 bits per heavy atom. The second-order valence-electron chi connectivity index (χ2n) is 8.24. The summed E-state index contributed by atoms with van der Waals surface area (Å²) in [5.74, 6) is 0.476. The summed E-state index contributed by atoms with van der Waals surface area (Å²) in [6.07, 6.45) is 1.24. The summed E-state index contributed by atoms with van der Waals surface area (Å²) in [4.78, 5) is 29.8. The largest absolute Gasteiger partial charge is 0.496 e. The topological polar surface area (TPSA) is 98.1 Å². The molecule has 3 rings (SSSR count). The van der Waals surface area contributed by atoms with Gasteiger partial charge in [0.15, 0.2) is 5.65 Å². The molecule has 31 heavy (non-hydrogen) atoms. The molecule has 0 spiro atoms. The number of ether oxygens (including phenoxy) is 2. The SMILES string of the molecule is COc1ccc(C)cc1-c1ccc2nc(NC(=O)CN(C)C(=O)OC(C)(C)C)nn2c1. The number of likely N-dealkylation sites (N-methyl/N-ethyl adjacent to an activating group) is 1. The highest BCUT2D eigenvalue weighted by Crippen LogP contribution is 2.31. The molecule has 1 N–H and O–H groups in total. The second kappa shape index (κ2) is 8.63. The molecule has 3 aromatic rings. The molecule has 0 saturated heterocycles. The van der Waals surface area contributed by atoms with Crippen LogP contribution in [0.25, 0.3) is 16.8 Å². The highest BCUT2D eigenvalue weighted by molar-refractivity contribution is 5.92. The van der Waals surface area contributed by atoms with Crippen molar-refractivity contribution in [3.8, 4) is 16.9 Å². The number of amides is 2. The van der Waals surface area contributed by atoms with E-state index in [0.717, 1.165) is 22.4 Å². The molecule has 2 heterocycles. The smallest absolute Gasteiger partial charge is 0.410 e. The van der Waals surface area contributed by atoms with Gasteiger partial charge in [0.25, 0.3) is 0 Å². The minimum absolute atomic E-state index is 0.149. The number of aryl methyl sites for hydroxylation is 1. The molecule has 0 fully saturated rings. The normalized spacial score (nSPS) is 11.3. The third-order valence-corrected chi connectivity index (χ3v) is 4.33. The van der Waals surface area contributed by atoms with Gasteiger partial charge in [0, 0.05) is 24.4 Å². The Balaban J connectivity index is 1.74. The van der Waals surface area contributed by atoms with E-state index in [0.29, 0.717) is 5.65 Å². The first-order valence-corrected chi connectivity index (χ1v) is 9.81. The molecule has 0 radical (unpaired) electrons. The van der Waals surface area contributed by atoms with Gasteiger partial charge in [-0.05, 0) is 52.0 Å². The Kier molecular flexibility index (Phi) is 6.14. The number of anilines is 1. The van der Waals surface area contributed by atoms with Gasteiger partial charge in [0.05, 0.1) is 7.11 Å². The summed E-state index contributed by atoms with van der Waals surface area (Å²) >= 11 is 0. The summed E-state index contributed by atoms with van der Waals surface area (Å²) in [6.45, 7) is 7.12. The second-order valence-corrected chi connectivity index (χ2v) is 8.24. The van der Waals surface area contributed by atoms with Crippen LogP contribution in [0, 0.1) is 6.92 Å². The van der Waals surface area contributed by atoms with E-state index in [9.17, 15) is 9.59 Å². The fraction of sp³-hybridized carbons (Fsp3) is 0.364. The number of carbonyl (C=O) groups excluding carboxylic acids is 2. The lowest BCUT2D eigenvalue weighted by molar-refractivity contribution is -0.117. The third kappa shape index (κ3) is 5.50. The van der Waals surface area contributed by atoms with Crippen molar-refractivity contribution < 1.29 is 19.1 Å². The number of benzene rings is 1. The van der Waals surface area contributed by atoms with Crippen LogP contribution in [0.1, 0.15) is 26.3 Å². The molecule has 0 atom stereocenters. The fourth-order valence-electron chi connectivity index (χ4n) is 2.93. The van der Waals surface area contributed by atoms with Crippen LogP contribution in [-0.2, 0) is 9.53 Å². The lowest BCUT2D eigenvalue weighted by Gasteiger charge is -2.24. The Hall–Kier alpha value is -3.62. The molecule has 2 aromatic heterocycles. The lowest BCUT2D eigenvalue weighted by Crippen LogP contribution is -2.38. The van der Waals surface area contributed by atoms with Crippen molar-refractivity contribution in [3.05, 3.63) is 42.1 Å². The van der Waals surface area contributed by atoms with Gasteiger partial charge < -0.3 is 14.4 Å². The van der Waals surface area contributed by atoms with E-state index in [2.05, 4.69) is 15.4 Å². The van der Waals surface area contributed by atoms with Gasteiger partial charge in [-0.25, -0.2) is 9.31 Å². The van der Waals surface area contributed by atoms with Gasteiger partial charge in [-0.2, -0.15) is 4.98 Å². The summed E-state index contributed by atoms with van der Waals surface area (Å²) in [5.41, 5.74) is 2.88. The van der Waals surface area contributed by atoms with Crippen LogP contribution >= 0.6 is 0 Å². The van der Waals surface area contributed by atoms with E-state index in [1.165, 1.54) is 11.9 Å². The first-order valence-electron chi connectivity index (χ1n) is 9.81. The molecule has 164 valence electrons. The van der Waals surface area contributed by atoms with Crippen LogP contribution in [0.2, 0.25) is 0 Å². The summed E-state index contributed by atoms with van der Waals surface area (Å²) in [6, 6.07) is 9.67. The molecule has 1 aromatic carbocycles. The predicted octanol–water partition coefficient (Wildman–Crippen LogP) is 3.52. The number of methoxy groups -OCH3 is 1. The summed E-state index contributed by atoms with van der Waals surface area (Å²) in [7, 11) is 3.12. The molecule has 0 aliphatic heterocycles.